The zero-order valence-electron chi connectivity index (χ0n) is 14.3. The Morgan fingerprint density at radius 3 is 3.08 bits per heavy atom. The van der Waals surface area contributed by atoms with Crippen LogP contribution in [0.1, 0.15) is 19.3 Å². The Bertz CT molecular complexity index is 686. The number of piperidine rings is 1. The molecule has 136 valence electrons. The molecule has 3 heterocycles. The third-order valence-electron chi connectivity index (χ3n) is 4.82. The summed E-state index contributed by atoms with van der Waals surface area (Å²) in [6.07, 6.45) is 5.32. The van der Waals surface area contributed by atoms with Gasteiger partial charge in [0.2, 0.25) is 5.91 Å². The molecule has 1 atom stereocenters. The number of amides is 1. The number of carbonyl (C=O) groups is 1. The molecule has 10 nitrogen and oxygen atoms in total. The van der Waals surface area contributed by atoms with E-state index in [-0.39, 0.29) is 17.0 Å². The number of rotatable bonds is 4. The molecule has 1 aromatic heterocycles. The molecule has 0 aromatic carbocycles. The van der Waals surface area contributed by atoms with Gasteiger partial charge in [-0.1, -0.05) is 0 Å². The second-order valence-corrected chi connectivity index (χ2v) is 6.67. The van der Waals surface area contributed by atoms with Crippen LogP contribution in [0.25, 0.3) is 0 Å². The van der Waals surface area contributed by atoms with Gasteiger partial charge in [-0.2, -0.15) is 5.10 Å². The first-order chi connectivity index (χ1) is 12.0. The van der Waals surface area contributed by atoms with Crippen molar-refractivity contribution in [2.24, 2.45) is 10.4 Å². The van der Waals surface area contributed by atoms with E-state index in [1.165, 1.54) is 17.1 Å². The van der Waals surface area contributed by atoms with Gasteiger partial charge in [0.05, 0.1) is 11.5 Å². The average molecular weight is 349 g/mol. The average Bonchev–Trinajstić information content (AvgIpc) is 3.19. The second-order valence-electron chi connectivity index (χ2n) is 6.67. The number of aromatic nitrogens is 2. The fraction of sp³-hybridized carbons (Fsp3) is 0.667. The molecule has 25 heavy (non-hydrogen) atoms. The lowest BCUT2D eigenvalue weighted by Gasteiger charge is -2.40. The first-order valence-electron chi connectivity index (χ1n) is 8.40. The third kappa shape index (κ3) is 3.89. The summed E-state index contributed by atoms with van der Waals surface area (Å²) in [7, 11) is 1.74. The van der Waals surface area contributed by atoms with Gasteiger partial charge in [-0.15, -0.1) is 0 Å². The van der Waals surface area contributed by atoms with Crippen molar-refractivity contribution in [3.8, 4) is 0 Å². The van der Waals surface area contributed by atoms with Crippen LogP contribution in [0.3, 0.4) is 0 Å². The number of hydrogen-bond donors (Lipinski definition) is 2. The molecule has 2 saturated heterocycles. The van der Waals surface area contributed by atoms with Crippen molar-refractivity contribution in [2.45, 2.75) is 25.8 Å². The number of nitro groups is 1. The standard InChI is InChI=1S/C15H23N7O3/c1-16-14(17-4-6-21-9-12(8-19-21)22(24)25)20-5-2-3-15(11-20)7-13(23)18-10-15/h8-9H,2-7,10-11H2,1H3,(H,16,17)(H,18,23). The zero-order valence-corrected chi connectivity index (χ0v) is 14.3. The van der Waals surface area contributed by atoms with Crippen LogP contribution >= 0.6 is 0 Å². The van der Waals surface area contributed by atoms with Gasteiger partial charge in [-0.05, 0) is 12.8 Å². The van der Waals surface area contributed by atoms with E-state index >= 15 is 0 Å². The minimum atomic E-state index is -0.458. The van der Waals surface area contributed by atoms with Gasteiger partial charge in [0.15, 0.2) is 5.96 Å². The maximum Gasteiger partial charge on any atom is 0.306 e. The molecule has 0 saturated carbocycles. The number of guanidine groups is 1. The van der Waals surface area contributed by atoms with Gasteiger partial charge < -0.3 is 15.5 Å². The fourth-order valence-electron chi connectivity index (χ4n) is 3.61. The molecule has 0 radical (unpaired) electrons. The summed E-state index contributed by atoms with van der Waals surface area (Å²) < 4.78 is 1.54. The van der Waals surface area contributed by atoms with E-state index in [2.05, 4.69) is 25.6 Å². The Hall–Kier alpha value is -2.65. The van der Waals surface area contributed by atoms with Gasteiger partial charge in [0.25, 0.3) is 0 Å². The number of carbonyl (C=O) groups excluding carboxylic acids is 1. The van der Waals surface area contributed by atoms with Crippen LogP contribution in [0.15, 0.2) is 17.4 Å². The lowest BCUT2D eigenvalue weighted by atomic mass is 9.79. The summed E-state index contributed by atoms with van der Waals surface area (Å²) in [4.78, 5) is 28.4. The monoisotopic (exact) mass is 349 g/mol. The summed E-state index contributed by atoms with van der Waals surface area (Å²) in [6, 6.07) is 0. The second kappa shape index (κ2) is 7.08. The van der Waals surface area contributed by atoms with E-state index in [1.54, 1.807) is 7.05 Å². The van der Waals surface area contributed by atoms with Crippen LogP contribution in [0.2, 0.25) is 0 Å². The molecule has 0 aliphatic carbocycles. The number of nitrogens with zero attached hydrogens (tertiary/aromatic N) is 5. The molecule has 2 aliphatic heterocycles. The van der Waals surface area contributed by atoms with Crippen LogP contribution in [0.4, 0.5) is 5.69 Å². The predicted octanol–water partition coefficient (Wildman–Crippen LogP) is -0.0312. The van der Waals surface area contributed by atoms with E-state index < -0.39 is 4.92 Å². The van der Waals surface area contributed by atoms with Crippen molar-refractivity contribution in [3.05, 3.63) is 22.5 Å². The number of nitrogens with one attached hydrogen (secondary N) is 2. The minimum absolute atomic E-state index is 0.00947. The maximum absolute atomic E-state index is 11.6. The van der Waals surface area contributed by atoms with Gasteiger partial charge in [-0.25, -0.2) is 0 Å². The largest absolute Gasteiger partial charge is 0.355 e. The van der Waals surface area contributed by atoms with Crippen molar-refractivity contribution in [1.29, 1.82) is 0 Å². The molecule has 1 spiro atoms. The summed E-state index contributed by atoms with van der Waals surface area (Å²) >= 11 is 0. The van der Waals surface area contributed by atoms with Crippen LogP contribution in [0.5, 0.6) is 0 Å². The first-order valence-corrected chi connectivity index (χ1v) is 8.40. The highest BCUT2D eigenvalue weighted by molar-refractivity contribution is 5.81. The van der Waals surface area contributed by atoms with Gasteiger partial charge >= 0.3 is 5.69 Å². The molecule has 2 fully saturated rings. The van der Waals surface area contributed by atoms with Crippen LogP contribution < -0.4 is 10.6 Å². The molecular formula is C15H23N7O3. The lowest BCUT2D eigenvalue weighted by molar-refractivity contribution is -0.385. The quantitative estimate of drug-likeness (QED) is 0.341. The molecule has 1 amide bonds. The van der Waals surface area contributed by atoms with Gasteiger partial charge in [0, 0.05) is 45.1 Å². The Morgan fingerprint density at radius 1 is 1.60 bits per heavy atom. The minimum Gasteiger partial charge on any atom is -0.355 e. The Morgan fingerprint density at radius 2 is 2.44 bits per heavy atom. The summed E-state index contributed by atoms with van der Waals surface area (Å²) in [6.45, 7) is 3.51. The van der Waals surface area contributed by atoms with Crippen molar-refractivity contribution in [1.82, 2.24) is 25.3 Å². The SMILES string of the molecule is CN=C(NCCn1cc([N+](=O)[O-])cn1)N1CCCC2(CNC(=O)C2)C1. The molecular weight excluding hydrogens is 326 g/mol. The molecule has 2 aliphatic rings. The van der Waals surface area contributed by atoms with Crippen molar-refractivity contribution >= 4 is 17.6 Å². The normalized spacial score (nSPS) is 23.8. The van der Waals surface area contributed by atoms with Gasteiger partial charge in [0.1, 0.15) is 12.4 Å². The maximum atomic E-state index is 11.6. The highest BCUT2D eigenvalue weighted by atomic mass is 16.6. The smallest absolute Gasteiger partial charge is 0.306 e. The zero-order chi connectivity index (χ0) is 17.9. The van der Waals surface area contributed by atoms with Gasteiger partial charge in [-0.3, -0.25) is 24.6 Å². The van der Waals surface area contributed by atoms with Crippen LogP contribution in [-0.2, 0) is 11.3 Å². The molecule has 1 unspecified atom stereocenters. The molecule has 2 N–H and O–H groups in total. The highest BCUT2D eigenvalue weighted by Gasteiger charge is 2.42. The summed E-state index contributed by atoms with van der Waals surface area (Å²) in [5.41, 5.74) is -0.00372. The highest BCUT2D eigenvalue weighted by Crippen LogP contribution is 2.35. The number of hydrogen-bond acceptors (Lipinski definition) is 5. The molecule has 10 heteroatoms. The van der Waals surface area contributed by atoms with Crippen LogP contribution in [-0.4, -0.2) is 64.7 Å². The summed E-state index contributed by atoms with van der Waals surface area (Å²) in [5.74, 6) is 0.921. The van der Waals surface area contributed by atoms with E-state index in [0.29, 0.717) is 19.5 Å². The van der Waals surface area contributed by atoms with E-state index in [4.69, 9.17) is 0 Å². The van der Waals surface area contributed by atoms with Crippen molar-refractivity contribution < 1.29 is 9.72 Å². The van der Waals surface area contributed by atoms with E-state index in [1.807, 2.05) is 0 Å². The molecule has 3 rings (SSSR count). The first kappa shape index (κ1) is 17.2. The Labute approximate surface area is 145 Å². The lowest BCUT2D eigenvalue weighted by Crippen LogP contribution is -2.51. The third-order valence-corrected chi connectivity index (χ3v) is 4.82. The Kier molecular flexibility index (Phi) is 4.86. The summed E-state index contributed by atoms with van der Waals surface area (Å²) in [5, 5.41) is 20.9. The topological polar surface area (TPSA) is 118 Å². The number of aliphatic imine (C=N–C) groups is 1. The van der Waals surface area contributed by atoms with E-state index in [9.17, 15) is 14.9 Å². The molecule has 1 aromatic rings. The fourth-order valence-corrected chi connectivity index (χ4v) is 3.61. The Balaban J connectivity index is 1.53. The van der Waals surface area contributed by atoms with Crippen LogP contribution in [0, 0.1) is 15.5 Å². The predicted molar refractivity (Wildman–Crippen MR) is 91.1 cm³/mol. The number of likely N-dealkylation sites (tertiary alicyclic amines) is 1. The van der Waals surface area contributed by atoms with Crippen molar-refractivity contribution in [2.75, 3.05) is 33.2 Å². The van der Waals surface area contributed by atoms with E-state index in [0.717, 1.165) is 38.4 Å². The van der Waals surface area contributed by atoms with Crippen molar-refractivity contribution in [3.63, 3.8) is 0 Å². The molecule has 0 bridgehead atoms.